The van der Waals surface area contributed by atoms with Crippen molar-refractivity contribution in [3.63, 3.8) is 0 Å². The molecule has 206 valence electrons. The number of rotatable bonds is 5. The van der Waals surface area contributed by atoms with Gasteiger partial charge in [0.05, 0.1) is 11.2 Å². The number of hydrogen-bond acceptors (Lipinski definition) is 7. The number of pyridine rings is 1. The molecule has 4 atom stereocenters. The molecule has 4 aromatic rings. The van der Waals surface area contributed by atoms with E-state index >= 15 is 4.39 Å². The molecule has 3 saturated heterocycles. The van der Waals surface area contributed by atoms with Crippen LogP contribution in [-0.2, 0) is 5.41 Å². The highest BCUT2D eigenvalue weighted by atomic mass is 19.1. The van der Waals surface area contributed by atoms with Crippen LogP contribution in [0.2, 0.25) is 0 Å². The third kappa shape index (κ3) is 3.63. The second-order valence-corrected chi connectivity index (χ2v) is 12.1. The smallest absolute Gasteiger partial charge is 0.317 e. The van der Waals surface area contributed by atoms with Crippen molar-refractivity contribution < 1.29 is 18.6 Å². The Labute approximate surface area is 230 Å². The summed E-state index contributed by atoms with van der Waals surface area (Å²) in [5, 5.41) is 16.1. The minimum atomic E-state index is -0.860. The van der Waals surface area contributed by atoms with Gasteiger partial charge in [-0.15, -0.1) is 0 Å². The van der Waals surface area contributed by atoms with Gasteiger partial charge >= 0.3 is 6.01 Å². The number of alkyl halides is 1. The fourth-order valence-electron chi connectivity index (χ4n) is 7.76. The number of phenolic OH excluding ortho intramolecular Hbond substituents is 1. The number of phenols is 1. The molecule has 40 heavy (non-hydrogen) atoms. The largest absolute Gasteiger partial charge is 0.508 e. The number of aromatic nitrogens is 3. The van der Waals surface area contributed by atoms with Crippen molar-refractivity contribution in [2.45, 2.75) is 49.2 Å². The third-order valence-electron chi connectivity index (χ3n) is 9.84. The Balaban J connectivity index is 1.26. The normalized spacial score (nSPS) is 29.6. The summed E-state index contributed by atoms with van der Waals surface area (Å²) in [5.41, 5.74) is 1.10. The van der Waals surface area contributed by atoms with Gasteiger partial charge in [0, 0.05) is 35.5 Å². The molecule has 0 spiro atoms. The van der Waals surface area contributed by atoms with Crippen LogP contribution in [0.3, 0.4) is 0 Å². The Morgan fingerprint density at radius 1 is 1.12 bits per heavy atom. The average Bonchev–Trinajstić information content (AvgIpc) is 3.47. The molecule has 5 heterocycles. The molecule has 0 amide bonds. The van der Waals surface area contributed by atoms with Crippen LogP contribution in [-0.4, -0.2) is 69.5 Å². The van der Waals surface area contributed by atoms with Crippen LogP contribution >= 0.6 is 0 Å². The number of nitrogens with one attached hydrogen (secondary N) is 1. The van der Waals surface area contributed by atoms with Gasteiger partial charge in [-0.1, -0.05) is 24.3 Å². The van der Waals surface area contributed by atoms with Crippen LogP contribution in [0.4, 0.5) is 8.78 Å². The topological polar surface area (TPSA) is 83.4 Å². The monoisotopic (exact) mass is 543 g/mol. The number of hydrogen-bond donors (Lipinski definition) is 2. The van der Waals surface area contributed by atoms with Gasteiger partial charge in [-0.2, -0.15) is 9.97 Å². The minimum absolute atomic E-state index is 0.0416. The van der Waals surface area contributed by atoms with E-state index in [2.05, 4.69) is 20.2 Å². The molecule has 2 unspecified atom stereocenters. The van der Waals surface area contributed by atoms with E-state index in [9.17, 15) is 9.50 Å². The highest BCUT2D eigenvalue weighted by Crippen LogP contribution is 2.58. The molecule has 2 aromatic heterocycles. The zero-order valence-electron chi connectivity index (χ0n) is 22.2. The van der Waals surface area contributed by atoms with Crippen molar-refractivity contribution in [2.24, 2.45) is 5.92 Å². The number of aromatic hydroxyl groups is 1. The Bertz CT molecular complexity index is 1670. The third-order valence-corrected chi connectivity index (χ3v) is 9.84. The number of halogens is 2. The van der Waals surface area contributed by atoms with E-state index in [1.165, 1.54) is 0 Å². The van der Waals surface area contributed by atoms with E-state index in [1.54, 1.807) is 18.3 Å². The fourth-order valence-corrected chi connectivity index (χ4v) is 7.76. The van der Waals surface area contributed by atoms with Crippen LogP contribution in [0.25, 0.3) is 32.9 Å². The molecule has 0 radical (unpaired) electrons. The van der Waals surface area contributed by atoms with E-state index in [-0.39, 0.29) is 40.5 Å². The molecular weight excluding hydrogens is 512 g/mol. The maximum absolute atomic E-state index is 16.5. The first kappa shape index (κ1) is 24.4. The predicted molar refractivity (Wildman–Crippen MR) is 148 cm³/mol. The Hall–Kier alpha value is -3.43. The molecule has 3 aliphatic heterocycles. The quantitative estimate of drug-likeness (QED) is 0.371. The van der Waals surface area contributed by atoms with Gasteiger partial charge in [-0.25, -0.2) is 8.78 Å². The zero-order chi connectivity index (χ0) is 27.1. The van der Waals surface area contributed by atoms with E-state index in [4.69, 9.17) is 9.72 Å². The average molecular weight is 544 g/mol. The molecule has 2 N–H and O–H groups in total. The molecule has 4 fully saturated rings. The van der Waals surface area contributed by atoms with E-state index < -0.39 is 12.0 Å². The lowest BCUT2D eigenvalue weighted by Crippen LogP contribution is -2.43. The standard InChI is InChI=1S/C31H31F2N5O2/c32-20-13-30(6-3-9-38(30)16-20)17-40-29-36-27-24(28(37-29)31-7-8-34-14-19(31)12-31)15-35-26(25(27)33)23-11-21(39)10-18-4-1-2-5-22(18)23/h1-2,4-5,10-11,15,19-20,34,39H,3,6-9,12-14,16-17H2/t19?,20-,30+,31?/m1/s1. The Kier molecular flexibility index (Phi) is 5.35. The van der Waals surface area contributed by atoms with Gasteiger partial charge < -0.3 is 15.2 Å². The lowest BCUT2D eigenvalue weighted by Gasteiger charge is -2.31. The van der Waals surface area contributed by atoms with E-state index in [0.717, 1.165) is 61.8 Å². The summed E-state index contributed by atoms with van der Waals surface area (Å²) in [6.45, 7) is 3.37. The Morgan fingerprint density at radius 3 is 2.92 bits per heavy atom. The van der Waals surface area contributed by atoms with Crippen molar-refractivity contribution in [3.05, 3.63) is 54.1 Å². The summed E-state index contributed by atoms with van der Waals surface area (Å²) in [6, 6.07) is 10.9. The van der Waals surface area contributed by atoms with Gasteiger partial charge in [-0.3, -0.25) is 9.88 Å². The maximum atomic E-state index is 16.5. The molecule has 2 aromatic carbocycles. The van der Waals surface area contributed by atoms with Crippen LogP contribution in [0.15, 0.2) is 42.6 Å². The second kappa shape index (κ2) is 8.78. The lowest BCUT2D eigenvalue weighted by molar-refractivity contribution is 0.107. The maximum Gasteiger partial charge on any atom is 0.317 e. The molecule has 1 saturated carbocycles. The molecule has 7 nitrogen and oxygen atoms in total. The first-order valence-corrected chi connectivity index (χ1v) is 14.3. The summed E-state index contributed by atoms with van der Waals surface area (Å²) in [4.78, 5) is 16.3. The predicted octanol–water partition coefficient (Wildman–Crippen LogP) is 4.90. The first-order valence-electron chi connectivity index (χ1n) is 14.3. The summed E-state index contributed by atoms with van der Waals surface area (Å²) >= 11 is 0. The summed E-state index contributed by atoms with van der Waals surface area (Å²) < 4.78 is 37.2. The van der Waals surface area contributed by atoms with Gasteiger partial charge in [0.25, 0.3) is 0 Å². The summed E-state index contributed by atoms with van der Waals surface area (Å²) in [6.07, 6.45) is 5.04. The van der Waals surface area contributed by atoms with Crippen LogP contribution in [0, 0.1) is 11.7 Å². The van der Waals surface area contributed by atoms with Crippen molar-refractivity contribution in [3.8, 4) is 23.0 Å². The molecular formula is C31H31F2N5O2. The number of nitrogens with zero attached hydrogens (tertiary/aromatic N) is 4. The highest BCUT2D eigenvalue weighted by Gasteiger charge is 2.58. The van der Waals surface area contributed by atoms with E-state index in [0.29, 0.717) is 29.8 Å². The number of benzene rings is 2. The van der Waals surface area contributed by atoms with Crippen molar-refractivity contribution in [2.75, 3.05) is 32.8 Å². The van der Waals surface area contributed by atoms with Gasteiger partial charge in [-0.05, 0) is 74.1 Å². The van der Waals surface area contributed by atoms with Gasteiger partial charge in [0.15, 0.2) is 5.82 Å². The van der Waals surface area contributed by atoms with E-state index in [1.807, 2.05) is 24.3 Å². The second-order valence-electron chi connectivity index (χ2n) is 12.1. The van der Waals surface area contributed by atoms with Crippen LogP contribution < -0.4 is 10.1 Å². The molecule has 9 heteroatoms. The van der Waals surface area contributed by atoms with Crippen molar-refractivity contribution >= 4 is 21.7 Å². The van der Waals surface area contributed by atoms with Gasteiger partial charge in [0.2, 0.25) is 0 Å². The van der Waals surface area contributed by atoms with Crippen LogP contribution in [0.1, 0.15) is 37.8 Å². The van der Waals surface area contributed by atoms with Crippen molar-refractivity contribution in [1.82, 2.24) is 25.2 Å². The number of fused-ring (bicyclic) bond motifs is 4. The lowest BCUT2D eigenvalue weighted by atomic mass is 9.89. The molecule has 8 rings (SSSR count). The first-order chi connectivity index (χ1) is 19.5. The summed E-state index contributed by atoms with van der Waals surface area (Å²) in [5.74, 6) is -0.0921. The number of ether oxygens (including phenoxy) is 1. The van der Waals surface area contributed by atoms with Crippen molar-refractivity contribution in [1.29, 1.82) is 0 Å². The zero-order valence-corrected chi connectivity index (χ0v) is 22.2. The highest BCUT2D eigenvalue weighted by molar-refractivity contribution is 5.99. The minimum Gasteiger partial charge on any atom is -0.508 e. The SMILES string of the molecule is Oc1cc(-c2ncc3c(C45CCNCC4C5)nc(OC[C@@]45CCCN4C[C@H](F)C5)nc3c2F)c2ccccc2c1. The summed E-state index contributed by atoms with van der Waals surface area (Å²) in [7, 11) is 0. The molecule has 0 bridgehead atoms. The molecule has 4 aliphatic rings. The molecule has 1 aliphatic carbocycles. The van der Waals surface area contributed by atoms with Gasteiger partial charge in [0.1, 0.15) is 29.7 Å². The fraction of sp³-hybridized carbons (Fsp3) is 0.452. The Morgan fingerprint density at radius 2 is 2.02 bits per heavy atom. The number of piperidine rings is 1. The van der Waals surface area contributed by atoms with Crippen LogP contribution in [0.5, 0.6) is 11.8 Å².